The molecule has 0 atom stereocenters. The number of nitrogens with two attached hydrogens (primary N) is 1. The van der Waals surface area contributed by atoms with Crippen LogP contribution in [-0.2, 0) is 0 Å². The van der Waals surface area contributed by atoms with Crippen LogP contribution in [0.5, 0.6) is 0 Å². The molecule has 1 aromatic carbocycles. The number of rotatable bonds is 3. The zero-order valence-electron chi connectivity index (χ0n) is 8.42. The first-order valence-corrected chi connectivity index (χ1v) is 4.77. The van der Waals surface area contributed by atoms with E-state index in [-0.39, 0.29) is 18.3 Å². The topological polar surface area (TPSA) is 55.1 Å². The van der Waals surface area contributed by atoms with Crippen molar-refractivity contribution < 1.29 is 4.79 Å². The summed E-state index contributed by atoms with van der Waals surface area (Å²) in [5, 5.41) is 3.36. The Kier molecular flexibility index (Phi) is 6.32. The largest absolute Gasteiger partial charge is 0.351 e. The molecule has 1 amide bonds. The zero-order chi connectivity index (χ0) is 10.6. The smallest absolute Gasteiger partial charge is 0.251 e. The average molecular weight is 249 g/mol. The third-order valence-electron chi connectivity index (χ3n) is 1.85. The predicted molar refractivity (Wildman–Crippen MR) is 64.8 cm³/mol. The van der Waals surface area contributed by atoms with E-state index in [1.807, 2.05) is 6.92 Å². The minimum Gasteiger partial charge on any atom is -0.351 e. The maximum absolute atomic E-state index is 11.5. The Labute approximate surface area is 100 Å². The summed E-state index contributed by atoms with van der Waals surface area (Å²) in [7, 11) is 0. The van der Waals surface area contributed by atoms with E-state index in [1.165, 1.54) is 0 Å². The van der Waals surface area contributed by atoms with Crippen molar-refractivity contribution in [3.8, 4) is 0 Å². The van der Waals surface area contributed by atoms with Gasteiger partial charge in [0.15, 0.2) is 0 Å². The molecule has 0 aliphatic heterocycles. The van der Waals surface area contributed by atoms with Gasteiger partial charge in [0.25, 0.3) is 5.91 Å². The number of hydrogen-bond donors (Lipinski definition) is 2. The predicted octanol–water partition coefficient (Wildman–Crippen LogP) is 1.76. The van der Waals surface area contributed by atoms with Gasteiger partial charge >= 0.3 is 0 Å². The summed E-state index contributed by atoms with van der Waals surface area (Å²) < 4.78 is 0. The Morgan fingerprint density at radius 2 is 2.20 bits per heavy atom. The number of nitrogens with one attached hydrogen (secondary N) is 1. The summed E-state index contributed by atoms with van der Waals surface area (Å²) in [6.45, 7) is 2.79. The number of carbonyl (C=O) groups is 1. The quantitative estimate of drug-likeness (QED) is 0.857. The molecule has 0 aliphatic rings. The normalized spacial score (nSPS) is 9.27. The van der Waals surface area contributed by atoms with Crippen molar-refractivity contribution in [3.05, 3.63) is 34.3 Å². The van der Waals surface area contributed by atoms with E-state index in [1.54, 1.807) is 18.2 Å². The first-order chi connectivity index (χ1) is 6.65. The Bertz CT molecular complexity index is 342. The van der Waals surface area contributed by atoms with E-state index in [4.69, 9.17) is 17.3 Å². The fourth-order valence-electron chi connectivity index (χ4n) is 1.07. The average Bonchev–Trinajstić information content (AvgIpc) is 2.18. The van der Waals surface area contributed by atoms with Crippen molar-refractivity contribution in [3.63, 3.8) is 0 Å². The van der Waals surface area contributed by atoms with Crippen LogP contribution in [0.15, 0.2) is 18.2 Å². The molecule has 0 fully saturated rings. The van der Waals surface area contributed by atoms with Gasteiger partial charge < -0.3 is 11.1 Å². The maximum Gasteiger partial charge on any atom is 0.251 e. The highest BCUT2D eigenvalue weighted by Gasteiger charge is 2.05. The summed E-state index contributed by atoms with van der Waals surface area (Å²) in [6, 6.07) is 5.17. The van der Waals surface area contributed by atoms with E-state index < -0.39 is 0 Å². The maximum atomic E-state index is 11.5. The third kappa shape index (κ3) is 4.08. The van der Waals surface area contributed by atoms with Gasteiger partial charge in [0, 0.05) is 23.7 Å². The highest BCUT2D eigenvalue weighted by Crippen LogP contribution is 2.15. The Morgan fingerprint density at radius 1 is 1.53 bits per heavy atom. The highest BCUT2D eigenvalue weighted by atomic mass is 35.5. The second-order valence-corrected chi connectivity index (χ2v) is 3.42. The number of carbonyl (C=O) groups excluding carboxylic acids is 1. The Balaban J connectivity index is 0.00000196. The molecule has 0 aromatic heterocycles. The van der Waals surface area contributed by atoms with Crippen molar-refractivity contribution in [1.82, 2.24) is 5.32 Å². The van der Waals surface area contributed by atoms with Crippen molar-refractivity contribution in [2.24, 2.45) is 5.73 Å². The number of amides is 1. The van der Waals surface area contributed by atoms with Crippen LogP contribution >= 0.6 is 24.0 Å². The van der Waals surface area contributed by atoms with Gasteiger partial charge in [0.2, 0.25) is 0 Å². The van der Waals surface area contributed by atoms with E-state index >= 15 is 0 Å². The van der Waals surface area contributed by atoms with Gasteiger partial charge in [-0.15, -0.1) is 12.4 Å². The molecule has 5 heteroatoms. The Hall–Kier alpha value is -0.770. The van der Waals surface area contributed by atoms with Gasteiger partial charge in [0.05, 0.1) is 0 Å². The van der Waals surface area contributed by atoms with Gasteiger partial charge in [-0.3, -0.25) is 4.79 Å². The second kappa shape index (κ2) is 6.67. The molecule has 3 N–H and O–H groups in total. The molecule has 0 saturated carbocycles. The minimum atomic E-state index is -0.116. The molecule has 0 spiro atoms. The van der Waals surface area contributed by atoms with Crippen LogP contribution in [-0.4, -0.2) is 19.0 Å². The first kappa shape index (κ1) is 14.2. The molecule has 0 heterocycles. The summed E-state index contributed by atoms with van der Waals surface area (Å²) in [5.74, 6) is -0.116. The molecule has 0 bridgehead atoms. The van der Waals surface area contributed by atoms with Gasteiger partial charge in [-0.2, -0.15) is 0 Å². The lowest BCUT2D eigenvalue weighted by Gasteiger charge is -2.04. The second-order valence-electron chi connectivity index (χ2n) is 3.01. The molecule has 1 aromatic rings. The molecule has 3 nitrogen and oxygen atoms in total. The number of hydrogen-bond acceptors (Lipinski definition) is 2. The van der Waals surface area contributed by atoms with Gasteiger partial charge in [-0.1, -0.05) is 11.6 Å². The molecule has 15 heavy (non-hydrogen) atoms. The molecule has 1 rings (SSSR count). The van der Waals surface area contributed by atoms with Crippen LogP contribution in [0.2, 0.25) is 5.02 Å². The fraction of sp³-hybridized carbons (Fsp3) is 0.300. The summed E-state index contributed by atoms with van der Waals surface area (Å²) >= 11 is 5.84. The van der Waals surface area contributed by atoms with Crippen LogP contribution < -0.4 is 11.1 Å². The Morgan fingerprint density at radius 3 is 2.73 bits per heavy atom. The summed E-state index contributed by atoms with van der Waals surface area (Å²) in [6.07, 6.45) is 0. The molecule has 84 valence electrons. The summed E-state index contributed by atoms with van der Waals surface area (Å²) in [5.41, 5.74) is 6.78. The SMILES string of the molecule is Cc1cc(C(=O)NCCN)ccc1Cl.Cl. The molecule has 0 radical (unpaired) electrons. The third-order valence-corrected chi connectivity index (χ3v) is 2.27. The molecular weight excluding hydrogens is 235 g/mol. The van der Waals surface area contributed by atoms with Crippen molar-refractivity contribution in [2.45, 2.75) is 6.92 Å². The van der Waals surface area contributed by atoms with Crippen LogP contribution in [0, 0.1) is 6.92 Å². The lowest BCUT2D eigenvalue weighted by Crippen LogP contribution is -2.28. The van der Waals surface area contributed by atoms with E-state index in [2.05, 4.69) is 5.32 Å². The monoisotopic (exact) mass is 248 g/mol. The van der Waals surface area contributed by atoms with Crippen molar-refractivity contribution >= 4 is 29.9 Å². The number of aryl methyl sites for hydroxylation is 1. The van der Waals surface area contributed by atoms with Crippen molar-refractivity contribution in [1.29, 1.82) is 0 Å². The molecular formula is C10H14Cl2N2O. The van der Waals surface area contributed by atoms with E-state index in [0.29, 0.717) is 23.7 Å². The summed E-state index contributed by atoms with van der Waals surface area (Å²) in [4.78, 5) is 11.5. The van der Waals surface area contributed by atoms with Gasteiger partial charge in [0.1, 0.15) is 0 Å². The first-order valence-electron chi connectivity index (χ1n) is 4.39. The standard InChI is InChI=1S/C10H13ClN2O.ClH/c1-7-6-8(2-3-9(7)11)10(14)13-5-4-12;/h2-3,6H,4-5,12H2,1H3,(H,13,14);1H. The van der Waals surface area contributed by atoms with E-state index in [0.717, 1.165) is 5.56 Å². The number of benzene rings is 1. The molecule has 0 saturated heterocycles. The molecule has 0 unspecified atom stereocenters. The van der Waals surface area contributed by atoms with Gasteiger partial charge in [-0.25, -0.2) is 0 Å². The molecule has 0 aliphatic carbocycles. The van der Waals surface area contributed by atoms with E-state index in [9.17, 15) is 4.79 Å². The van der Waals surface area contributed by atoms with Crippen LogP contribution in [0.4, 0.5) is 0 Å². The lowest BCUT2D eigenvalue weighted by atomic mass is 10.1. The van der Waals surface area contributed by atoms with Crippen LogP contribution in [0.1, 0.15) is 15.9 Å². The van der Waals surface area contributed by atoms with Gasteiger partial charge in [-0.05, 0) is 30.7 Å². The fourth-order valence-corrected chi connectivity index (χ4v) is 1.19. The van der Waals surface area contributed by atoms with Crippen molar-refractivity contribution in [2.75, 3.05) is 13.1 Å². The van der Waals surface area contributed by atoms with Crippen LogP contribution in [0.3, 0.4) is 0 Å². The number of halogens is 2. The lowest BCUT2D eigenvalue weighted by molar-refractivity contribution is 0.0954. The minimum absolute atomic E-state index is 0. The zero-order valence-corrected chi connectivity index (χ0v) is 9.99. The van der Waals surface area contributed by atoms with Crippen LogP contribution in [0.25, 0.3) is 0 Å². The highest BCUT2D eigenvalue weighted by molar-refractivity contribution is 6.31.